The van der Waals surface area contributed by atoms with E-state index < -0.39 is 5.97 Å². The van der Waals surface area contributed by atoms with Crippen molar-refractivity contribution in [2.45, 2.75) is 116 Å². The predicted octanol–water partition coefficient (Wildman–Crippen LogP) is 6.31. The van der Waals surface area contributed by atoms with E-state index in [-0.39, 0.29) is 22.4 Å². The Hall–Kier alpha value is 0.170. The quantitative estimate of drug-likeness (QED) is 0.169. The standard InChI is InChI=1S/C21H43NO2.Ag/c1-2-3-4-5-6-7-8-9-10-11-12-13-14-16-19-22-20-17-15-18-21(23)24;/h22H,2-20H2,1H3,(H,23,24);. The SMILES string of the molecule is CCCCCCCCCCCCCCCCNCCCCC(=O)O.[Ag]. The molecule has 0 spiro atoms. The monoisotopic (exact) mass is 448 g/mol. The molecule has 3 nitrogen and oxygen atoms in total. The Morgan fingerprint density at radius 3 is 1.40 bits per heavy atom. The van der Waals surface area contributed by atoms with E-state index in [1.54, 1.807) is 0 Å². The number of aliphatic carboxylic acids is 1. The molecule has 0 bridgehead atoms. The summed E-state index contributed by atoms with van der Waals surface area (Å²) >= 11 is 0. The molecule has 0 saturated carbocycles. The molecule has 0 atom stereocenters. The molecule has 4 heteroatoms. The number of carboxylic acids is 1. The van der Waals surface area contributed by atoms with Gasteiger partial charge in [0, 0.05) is 28.8 Å². The van der Waals surface area contributed by atoms with Crippen LogP contribution in [0.4, 0.5) is 0 Å². The normalized spacial score (nSPS) is 10.6. The largest absolute Gasteiger partial charge is 0.481 e. The molecular formula is C21H43AgNO2. The zero-order chi connectivity index (χ0) is 17.7. The molecule has 0 saturated heterocycles. The second kappa shape index (κ2) is 24.2. The van der Waals surface area contributed by atoms with Crippen molar-refractivity contribution in [3.8, 4) is 0 Å². The summed E-state index contributed by atoms with van der Waals surface area (Å²) in [4.78, 5) is 10.4. The summed E-state index contributed by atoms with van der Waals surface area (Å²) in [7, 11) is 0. The molecule has 0 amide bonds. The third-order valence-corrected chi connectivity index (χ3v) is 4.70. The van der Waals surface area contributed by atoms with Crippen molar-refractivity contribution < 1.29 is 32.3 Å². The van der Waals surface area contributed by atoms with Gasteiger partial charge in [-0.05, 0) is 32.4 Å². The maximum atomic E-state index is 10.4. The van der Waals surface area contributed by atoms with Crippen LogP contribution in [0.3, 0.4) is 0 Å². The zero-order valence-electron chi connectivity index (χ0n) is 16.6. The van der Waals surface area contributed by atoms with Gasteiger partial charge in [-0.15, -0.1) is 0 Å². The van der Waals surface area contributed by atoms with Gasteiger partial charge in [-0.25, -0.2) is 0 Å². The van der Waals surface area contributed by atoms with Gasteiger partial charge >= 0.3 is 5.97 Å². The molecular weight excluding hydrogens is 406 g/mol. The van der Waals surface area contributed by atoms with Crippen LogP contribution in [0.5, 0.6) is 0 Å². The van der Waals surface area contributed by atoms with Crippen LogP contribution in [0.15, 0.2) is 0 Å². The molecule has 0 aliphatic carbocycles. The van der Waals surface area contributed by atoms with Crippen molar-refractivity contribution in [3.63, 3.8) is 0 Å². The smallest absolute Gasteiger partial charge is 0.303 e. The summed E-state index contributed by atoms with van der Waals surface area (Å²) < 4.78 is 0. The van der Waals surface area contributed by atoms with Gasteiger partial charge in [0.1, 0.15) is 0 Å². The van der Waals surface area contributed by atoms with Gasteiger partial charge in [0.15, 0.2) is 0 Å². The summed E-state index contributed by atoms with van der Waals surface area (Å²) in [6, 6.07) is 0. The summed E-state index contributed by atoms with van der Waals surface area (Å²) in [6.45, 7) is 4.33. The van der Waals surface area contributed by atoms with Gasteiger partial charge in [0.25, 0.3) is 0 Å². The summed E-state index contributed by atoms with van der Waals surface area (Å²) in [5.74, 6) is -0.679. The van der Waals surface area contributed by atoms with Crippen LogP contribution >= 0.6 is 0 Å². The predicted molar refractivity (Wildman–Crippen MR) is 105 cm³/mol. The van der Waals surface area contributed by atoms with Gasteiger partial charge in [-0.2, -0.15) is 0 Å². The molecule has 0 fully saturated rings. The summed E-state index contributed by atoms with van der Waals surface area (Å²) in [6.07, 6.45) is 21.7. The first-order valence-corrected chi connectivity index (χ1v) is 10.7. The van der Waals surface area contributed by atoms with Crippen molar-refractivity contribution in [1.29, 1.82) is 0 Å². The van der Waals surface area contributed by atoms with E-state index in [9.17, 15) is 4.79 Å². The number of carboxylic acid groups (broad SMARTS) is 1. The maximum Gasteiger partial charge on any atom is 0.303 e. The molecule has 0 rings (SSSR count). The molecule has 25 heavy (non-hydrogen) atoms. The first kappa shape index (κ1) is 27.4. The van der Waals surface area contributed by atoms with Gasteiger partial charge < -0.3 is 10.4 Å². The van der Waals surface area contributed by atoms with E-state index in [1.807, 2.05) is 0 Å². The van der Waals surface area contributed by atoms with E-state index in [0.717, 1.165) is 25.9 Å². The maximum absolute atomic E-state index is 10.4. The minimum atomic E-state index is -0.679. The second-order valence-corrected chi connectivity index (χ2v) is 7.20. The molecule has 1 radical (unpaired) electrons. The molecule has 155 valence electrons. The Morgan fingerprint density at radius 2 is 1.00 bits per heavy atom. The first-order valence-electron chi connectivity index (χ1n) is 10.7. The molecule has 0 aromatic rings. The molecule has 0 aliphatic heterocycles. The van der Waals surface area contributed by atoms with Crippen LogP contribution in [-0.2, 0) is 27.2 Å². The van der Waals surface area contributed by atoms with Crippen LogP contribution in [0.2, 0.25) is 0 Å². The second-order valence-electron chi connectivity index (χ2n) is 7.20. The Morgan fingerprint density at radius 1 is 0.640 bits per heavy atom. The van der Waals surface area contributed by atoms with E-state index in [4.69, 9.17) is 5.11 Å². The molecule has 0 aliphatic rings. The summed E-state index contributed by atoms with van der Waals surface area (Å²) in [5.41, 5.74) is 0. The number of hydrogen-bond donors (Lipinski definition) is 2. The fourth-order valence-electron chi connectivity index (χ4n) is 3.10. The van der Waals surface area contributed by atoms with Crippen LogP contribution < -0.4 is 5.32 Å². The number of nitrogens with one attached hydrogen (secondary N) is 1. The minimum absolute atomic E-state index is 0. The summed E-state index contributed by atoms with van der Waals surface area (Å²) in [5, 5.41) is 11.9. The van der Waals surface area contributed by atoms with Gasteiger partial charge in [0.05, 0.1) is 0 Å². The van der Waals surface area contributed by atoms with Gasteiger partial charge in [-0.3, -0.25) is 4.79 Å². The number of rotatable bonds is 20. The van der Waals surface area contributed by atoms with E-state index in [0.29, 0.717) is 6.42 Å². The fourth-order valence-corrected chi connectivity index (χ4v) is 3.10. The van der Waals surface area contributed by atoms with Gasteiger partial charge in [0.2, 0.25) is 0 Å². The molecule has 0 unspecified atom stereocenters. The topological polar surface area (TPSA) is 49.3 Å². The average molecular weight is 449 g/mol. The number of carbonyl (C=O) groups is 1. The van der Waals surface area contributed by atoms with Crippen LogP contribution in [-0.4, -0.2) is 24.2 Å². The zero-order valence-corrected chi connectivity index (χ0v) is 18.1. The fraction of sp³-hybridized carbons (Fsp3) is 0.952. The Balaban J connectivity index is 0. The Kier molecular flexibility index (Phi) is 26.5. The van der Waals surface area contributed by atoms with Crippen LogP contribution in [0.1, 0.15) is 116 Å². The molecule has 0 aromatic carbocycles. The third kappa shape index (κ3) is 26.5. The van der Waals surface area contributed by atoms with Crippen molar-refractivity contribution >= 4 is 5.97 Å². The Bertz CT molecular complexity index is 262. The molecule has 0 aromatic heterocycles. The molecule has 2 N–H and O–H groups in total. The van der Waals surface area contributed by atoms with Crippen molar-refractivity contribution in [3.05, 3.63) is 0 Å². The van der Waals surface area contributed by atoms with Crippen molar-refractivity contribution in [2.24, 2.45) is 0 Å². The van der Waals surface area contributed by atoms with E-state index in [2.05, 4.69) is 12.2 Å². The van der Waals surface area contributed by atoms with Crippen molar-refractivity contribution in [1.82, 2.24) is 5.32 Å². The van der Waals surface area contributed by atoms with Crippen LogP contribution in [0.25, 0.3) is 0 Å². The molecule has 0 heterocycles. The van der Waals surface area contributed by atoms with E-state index >= 15 is 0 Å². The van der Waals surface area contributed by atoms with Gasteiger partial charge in [-0.1, -0.05) is 90.4 Å². The Labute approximate surface area is 172 Å². The average Bonchev–Trinajstić information content (AvgIpc) is 2.56. The van der Waals surface area contributed by atoms with Crippen LogP contribution in [0, 0.1) is 0 Å². The minimum Gasteiger partial charge on any atom is -0.481 e. The first-order chi connectivity index (χ1) is 11.8. The number of hydrogen-bond acceptors (Lipinski definition) is 2. The van der Waals surface area contributed by atoms with E-state index in [1.165, 1.54) is 89.9 Å². The number of unbranched alkanes of at least 4 members (excludes halogenated alkanes) is 14. The van der Waals surface area contributed by atoms with Crippen molar-refractivity contribution in [2.75, 3.05) is 13.1 Å². The third-order valence-electron chi connectivity index (χ3n) is 4.70.